The molecule has 0 heterocycles. The maximum atomic E-state index is 12.0. The number of Topliss-reactive ketones (excluding diaryl/α,β-unsaturated/α-hetero) is 1. The molecule has 0 aliphatic carbocycles. The molecule has 0 spiro atoms. The molecular weight excluding hydrogens is 422 g/mol. The molecule has 2 aromatic carbocycles. The molecular formula is C19H17BrClNO4. The number of carbonyl (C=O) groups is 3. The number of hydrogen-bond donors (Lipinski definition) is 1. The van der Waals surface area contributed by atoms with Crippen molar-refractivity contribution in [1.82, 2.24) is 0 Å². The van der Waals surface area contributed by atoms with Crippen LogP contribution in [0, 0.1) is 6.92 Å². The van der Waals surface area contributed by atoms with Crippen molar-refractivity contribution in [2.75, 3.05) is 11.9 Å². The standard InChI is InChI=1S/C19H17BrClNO4/c1-12-2-7-16(15(20)10-12)22-18(24)11-26-19(25)9-8-17(23)13-3-5-14(21)6-4-13/h2-7,10H,8-9,11H2,1H3,(H,22,24). The highest BCUT2D eigenvalue weighted by Gasteiger charge is 2.12. The Bertz CT molecular complexity index is 821. The van der Waals surface area contributed by atoms with Crippen LogP contribution in [-0.2, 0) is 14.3 Å². The fourth-order valence-corrected chi connectivity index (χ4v) is 2.84. The van der Waals surface area contributed by atoms with Gasteiger partial charge in [0.1, 0.15) is 0 Å². The van der Waals surface area contributed by atoms with Crippen molar-refractivity contribution in [1.29, 1.82) is 0 Å². The quantitative estimate of drug-likeness (QED) is 0.508. The summed E-state index contributed by atoms with van der Waals surface area (Å²) in [5.74, 6) is -1.25. The van der Waals surface area contributed by atoms with Crippen molar-refractivity contribution in [3.63, 3.8) is 0 Å². The zero-order chi connectivity index (χ0) is 19.1. The summed E-state index contributed by atoms with van der Waals surface area (Å²) in [6, 6.07) is 11.9. The third kappa shape index (κ3) is 6.28. The molecule has 5 nitrogen and oxygen atoms in total. The zero-order valence-electron chi connectivity index (χ0n) is 14.1. The molecule has 7 heteroatoms. The Hall–Kier alpha value is -2.18. The van der Waals surface area contributed by atoms with E-state index in [1.165, 1.54) is 0 Å². The number of rotatable bonds is 7. The second kappa shape index (κ2) is 9.50. The van der Waals surface area contributed by atoms with E-state index in [1.54, 1.807) is 30.3 Å². The third-order valence-corrected chi connectivity index (χ3v) is 4.39. The number of aryl methyl sites for hydroxylation is 1. The molecule has 0 fully saturated rings. The Morgan fingerprint density at radius 1 is 1.08 bits per heavy atom. The van der Waals surface area contributed by atoms with Crippen LogP contribution in [0.1, 0.15) is 28.8 Å². The van der Waals surface area contributed by atoms with Gasteiger partial charge in [0.15, 0.2) is 12.4 Å². The smallest absolute Gasteiger partial charge is 0.306 e. The second-order valence-electron chi connectivity index (χ2n) is 5.62. The van der Waals surface area contributed by atoms with Crippen molar-refractivity contribution in [2.45, 2.75) is 19.8 Å². The van der Waals surface area contributed by atoms with Gasteiger partial charge in [-0.25, -0.2) is 0 Å². The minimum Gasteiger partial charge on any atom is -0.456 e. The summed E-state index contributed by atoms with van der Waals surface area (Å²) >= 11 is 9.12. The van der Waals surface area contributed by atoms with E-state index in [4.69, 9.17) is 16.3 Å². The summed E-state index contributed by atoms with van der Waals surface area (Å²) in [4.78, 5) is 35.5. The predicted octanol–water partition coefficient (Wildman–Crippen LogP) is 4.56. The van der Waals surface area contributed by atoms with Gasteiger partial charge >= 0.3 is 5.97 Å². The Balaban J connectivity index is 1.74. The molecule has 0 aliphatic rings. The maximum absolute atomic E-state index is 12.0. The molecule has 0 aliphatic heterocycles. The van der Waals surface area contributed by atoms with Gasteiger partial charge in [-0.1, -0.05) is 17.7 Å². The average molecular weight is 439 g/mol. The van der Waals surface area contributed by atoms with E-state index in [0.717, 1.165) is 10.0 Å². The highest BCUT2D eigenvalue weighted by atomic mass is 79.9. The molecule has 0 radical (unpaired) electrons. The fraction of sp³-hybridized carbons (Fsp3) is 0.211. The van der Waals surface area contributed by atoms with Crippen LogP contribution in [0.5, 0.6) is 0 Å². The van der Waals surface area contributed by atoms with E-state index in [0.29, 0.717) is 16.3 Å². The van der Waals surface area contributed by atoms with Crippen LogP contribution in [0.2, 0.25) is 5.02 Å². The van der Waals surface area contributed by atoms with Gasteiger partial charge in [0, 0.05) is 21.5 Å². The summed E-state index contributed by atoms with van der Waals surface area (Å²) in [5.41, 5.74) is 2.12. The minimum atomic E-state index is -0.606. The van der Waals surface area contributed by atoms with E-state index in [-0.39, 0.29) is 18.6 Å². The van der Waals surface area contributed by atoms with Gasteiger partial charge in [0.05, 0.1) is 12.1 Å². The Morgan fingerprint density at radius 3 is 2.42 bits per heavy atom. The topological polar surface area (TPSA) is 72.5 Å². The van der Waals surface area contributed by atoms with Crippen LogP contribution in [0.4, 0.5) is 5.69 Å². The monoisotopic (exact) mass is 437 g/mol. The number of ether oxygens (including phenoxy) is 1. The van der Waals surface area contributed by atoms with E-state index in [9.17, 15) is 14.4 Å². The Labute approximate surface area is 164 Å². The molecule has 0 atom stereocenters. The number of nitrogens with one attached hydrogen (secondary N) is 1. The molecule has 0 saturated carbocycles. The van der Waals surface area contributed by atoms with E-state index < -0.39 is 18.5 Å². The Kier molecular flexibility index (Phi) is 7.36. The molecule has 1 amide bonds. The average Bonchev–Trinajstić information content (AvgIpc) is 2.61. The number of benzene rings is 2. The van der Waals surface area contributed by atoms with Crippen molar-refractivity contribution < 1.29 is 19.1 Å². The molecule has 0 aromatic heterocycles. The lowest BCUT2D eigenvalue weighted by Crippen LogP contribution is -2.21. The third-order valence-electron chi connectivity index (χ3n) is 3.49. The first-order valence-electron chi connectivity index (χ1n) is 7.85. The molecule has 2 aromatic rings. The maximum Gasteiger partial charge on any atom is 0.306 e. The molecule has 2 rings (SSSR count). The lowest BCUT2D eigenvalue weighted by atomic mass is 10.1. The SMILES string of the molecule is Cc1ccc(NC(=O)COC(=O)CCC(=O)c2ccc(Cl)cc2)c(Br)c1. The minimum absolute atomic E-state index is 0.00555. The van der Waals surface area contributed by atoms with Crippen LogP contribution < -0.4 is 5.32 Å². The lowest BCUT2D eigenvalue weighted by molar-refractivity contribution is -0.147. The molecule has 0 bridgehead atoms. The molecule has 0 unspecified atom stereocenters. The summed E-state index contributed by atoms with van der Waals surface area (Å²) in [5, 5.41) is 3.18. The largest absolute Gasteiger partial charge is 0.456 e. The summed E-state index contributed by atoms with van der Waals surface area (Å²) < 4.78 is 5.65. The molecule has 26 heavy (non-hydrogen) atoms. The number of anilines is 1. The van der Waals surface area contributed by atoms with Gasteiger partial charge < -0.3 is 10.1 Å². The van der Waals surface area contributed by atoms with Crippen LogP contribution in [-0.4, -0.2) is 24.3 Å². The van der Waals surface area contributed by atoms with Gasteiger partial charge in [0.25, 0.3) is 5.91 Å². The first-order chi connectivity index (χ1) is 12.3. The van der Waals surface area contributed by atoms with E-state index >= 15 is 0 Å². The second-order valence-corrected chi connectivity index (χ2v) is 6.91. The van der Waals surface area contributed by atoms with Crippen molar-refractivity contribution >= 4 is 50.9 Å². The normalized spacial score (nSPS) is 10.3. The lowest BCUT2D eigenvalue weighted by Gasteiger charge is -2.09. The Morgan fingerprint density at radius 2 is 1.77 bits per heavy atom. The summed E-state index contributed by atoms with van der Waals surface area (Å²) in [6.45, 7) is 1.53. The van der Waals surface area contributed by atoms with Gasteiger partial charge in [-0.15, -0.1) is 0 Å². The van der Waals surface area contributed by atoms with Crippen LogP contribution in [0.25, 0.3) is 0 Å². The van der Waals surface area contributed by atoms with Gasteiger partial charge in [-0.05, 0) is 64.8 Å². The predicted molar refractivity (Wildman–Crippen MR) is 103 cm³/mol. The highest BCUT2D eigenvalue weighted by Crippen LogP contribution is 2.23. The summed E-state index contributed by atoms with van der Waals surface area (Å²) in [7, 11) is 0. The number of carbonyl (C=O) groups excluding carboxylic acids is 3. The van der Waals surface area contributed by atoms with Crippen LogP contribution in [0.3, 0.4) is 0 Å². The highest BCUT2D eigenvalue weighted by molar-refractivity contribution is 9.10. The van der Waals surface area contributed by atoms with Crippen molar-refractivity contribution in [3.8, 4) is 0 Å². The first kappa shape index (κ1) is 20.1. The van der Waals surface area contributed by atoms with E-state index in [1.807, 2.05) is 19.1 Å². The number of ketones is 1. The molecule has 0 saturated heterocycles. The van der Waals surface area contributed by atoms with Crippen LogP contribution >= 0.6 is 27.5 Å². The van der Waals surface area contributed by atoms with Crippen molar-refractivity contribution in [2.24, 2.45) is 0 Å². The number of hydrogen-bond acceptors (Lipinski definition) is 4. The first-order valence-corrected chi connectivity index (χ1v) is 9.02. The van der Waals surface area contributed by atoms with Gasteiger partial charge in [0.2, 0.25) is 0 Å². The van der Waals surface area contributed by atoms with Crippen molar-refractivity contribution in [3.05, 3.63) is 63.1 Å². The fourth-order valence-electron chi connectivity index (χ4n) is 2.12. The number of halogens is 2. The molecule has 1 N–H and O–H groups in total. The van der Waals surface area contributed by atoms with Crippen LogP contribution in [0.15, 0.2) is 46.9 Å². The van der Waals surface area contributed by atoms with Gasteiger partial charge in [-0.3, -0.25) is 14.4 Å². The zero-order valence-corrected chi connectivity index (χ0v) is 16.4. The summed E-state index contributed by atoms with van der Waals surface area (Å²) in [6.07, 6.45) is -0.0887. The number of esters is 1. The molecule has 136 valence electrons. The van der Waals surface area contributed by atoms with Gasteiger partial charge in [-0.2, -0.15) is 0 Å². The number of amides is 1. The van der Waals surface area contributed by atoms with E-state index in [2.05, 4.69) is 21.2 Å².